The highest BCUT2D eigenvalue weighted by atomic mass is 32.2. The van der Waals surface area contributed by atoms with Crippen LogP contribution in [0.1, 0.15) is 5.56 Å². The van der Waals surface area contributed by atoms with E-state index in [0.29, 0.717) is 35.9 Å². The number of hydrogen-bond acceptors (Lipinski definition) is 7. The zero-order chi connectivity index (χ0) is 25.3. The Morgan fingerprint density at radius 2 is 1.63 bits per heavy atom. The van der Waals surface area contributed by atoms with Gasteiger partial charge in [-0.25, -0.2) is 4.79 Å². The molecule has 2 amide bonds. The molecule has 10 heteroatoms. The van der Waals surface area contributed by atoms with Crippen molar-refractivity contribution in [1.82, 2.24) is 4.90 Å². The molecule has 0 saturated carbocycles. The van der Waals surface area contributed by atoms with Gasteiger partial charge in [-0.1, -0.05) is 24.3 Å². The quantitative estimate of drug-likeness (QED) is 0.395. The van der Waals surface area contributed by atoms with Crippen molar-refractivity contribution >= 4 is 21.8 Å². The molecule has 3 aromatic rings. The van der Waals surface area contributed by atoms with Crippen LogP contribution >= 0.6 is 0 Å². The van der Waals surface area contributed by atoms with E-state index in [0.717, 1.165) is 0 Å². The van der Waals surface area contributed by atoms with Crippen LogP contribution in [0.3, 0.4) is 0 Å². The molecule has 186 valence electrons. The molecule has 0 unspecified atom stereocenters. The molecule has 0 saturated heterocycles. The number of carbonyl (C=O) groups is 1. The van der Waals surface area contributed by atoms with Gasteiger partial charge in [-0.3, -0.25) is 0 Å². The van der Waals surface area contributed by atoms with Crippen molar-refractivity contribution in [2.75, 3.05) is 39.8 Å². The average molecular weight is 501 g/mol. The van der Waals surface area contributed by atoms with E-state index in [1.54, 1.807) is 66.6 Å². The zero-order valence-corrected chi connectivity index (χ0v) is 20.6. The third-order valence-corrected chi connectivity index (χ3v) is 6.29. The lowest BCUT2D eigenvalue weighted by Crippen LogP contribution is -2.37. The Bertz CT molecular complexity index is 1230. The number of nitrogens with zero attached hydrogens (tertiary/aromatic N) is 1. The molecule has 0 aliphatic heterocycles. The van der Waals surface area contributed by atoms with E-state index < -0.39 is 10.1 Å². The van der Waals surface area contributed by atoms with Gasteiger partial charge in [-0.15, -0.1) is 0 Å². The van der Waals surface area contributed by atoms with Gasteiger partial charge < -0.3 is 28.6 Å². The predicted molar refractivity (Wildman–Crippen MR) is 132 cm³/mol. The fourth-order valence-corrected chi connectivity index (χ4v) is 4.15. The second-order valence-corrected chi connectivity index (χ2v) is 8.95. The van der Waals surface area contributed by atoms with Gasteiger partial charge in [0, 0.05) is 20.2 Å². The van der Waals surface area contributed by atoms with Gasteiger partial charge in [0.15, 0.2) is 0 Å². The highest BCUT2D eigenvalue weighted by Gasteiger charge is 2.19. The van der Waals surface area contributed by atoms with Crippen molar-refractivity contribution in [1.29, 1.82) is 0 Å². The minimum atomic E-state index is -4.04. The van der Waals surface area contributed by atoms with Crippen molar-refractivity contribution in [3.63, 3.8) is 0 Å². The van der Waals surface area contributed by atoms with Crippen LogP contribution in [0, 0.1) is 0 Å². The number of para-hydroxylation sites is 2. The summed E-state index contributed by atoms with van der Waals surface area (Å²) in [5, 5.41) is 2.84. The average Bonchev–Trinajstić information content (AvgIpc) is 2.86. The summed E-state index contributed by atoms with van der Waals surface area (Å²) in [6.07, 6.45) is 0. The van der Waals surface area contributed by atoms with Crippen LogP contribution in [0.2, 0.25) is 0 Å². The van der Waals surface area contributed by atoms with E-state index in [1.807, 2.05) is 6.07 Å². The summed E-state index contributed by atoms with van der Waals surface area (Å²) in [5.41, 5.74) is 1.21. The first-order valence-electron chi connectivity index (χ1n) is 10.7. The molecular formula is C25H28N2O7S. The van der Waals surface area contributed by atoms with Crippen molar-refractivity contribution < 1.29 is 31.6 Å². The number of benzene rings is 3. The van der Waals surface area contributed by atoms with Gasteiger partial charge in [0.25, 0.3) is 0 Å². The molecule has 0 aliphatic rings. The number of urea groups is 1. The van der Waals surface area contributed by atoms with Crippen molar-refractivity contribution in [2.24, 2.45) is 0 Å². The van der Waals surface area contributed by atoms with E-state index >= 15 is 0 Å². The maximum Gasteiger partial charge on any atom is 0.339 e. The summed E-state index contributed by atoms with van der Waals surface area (Å²) in [5.74, 6) is 1.20. The van der Waals surface area contributed by atoms with Crippen molar-refractivity contribution in [3.8, 4) is 17.2 Å². The minimum Gasteiger partial charge on any atom is -0.497 e. The number of rotatable bonds is 11. The third-order valence-electron chi connectivity index (χ3n) is 5.03. The van der Waals surface area contributed by atoms with E-state index in [2.05, 4.69) is 5.32 Å². The van der Waals surface area contributed by atoms with E-state index in [-0.39, 0.29) is 23.2 Å². The number of hydrogen-bond donors (Lipinski definition) is 1. The highest BCUT2D eigenvalue weighted by Crippen LogP contribution is 2.25. The minimum absolute atomic E-state index is 0.00149. The lowest BCUT2D eigenvalue weighted by atomic mass is 10.2. The molecule has 3 rings (SSSR count). The fraction of sp³-hybridized carbons (Fsp3) is 0.240. The molecule has 9 nitrogen and oxygen atoms in total. The van der Waals surface area contributed by atoms with Gasteiger partial charge in [0.1, 0.15) is 22.1 Å². The second kappa shape index (κ2) is 12.1. The van der Waals surface area contributed by atoms with Crippen LogP contribution in [0.5, 0.6) is 17.2 Å². The lowest BCUT2D eigenvalue weighted by molar-refractivity contribution is 0.152. The fourth-order valence-electron chi connectivity index (χ4n) is 3.23. The van der Waals surface area contributed by atoms with Crippen LogP contribution in [-0.2, 0) is 21.4 Å². The third kappa shape index (κ3) is 7.11. The molecule has 35 heavy (non-hydrogen) atoms. The molecule has 0 aliphatic carbocycles. The van der Waals surface area contributed by atoms with E-state index in [9.17, 15) is 13.2 Å². The number of amides is 2. The van der Waals surface area contributed by atoms with Gasteiger partial charge in [-0.05, 0) is 54.1 Å². The van der Waals surface area contributed by atoms with Crippen molar-refractivity contribution in [2.45, 2.75) is 11.4 Å². The van der Waals surface area contributed by atoms with Gasteiger partial charge in [0.05, 0.1) is 26.5 Å². The van der Waals surface area contributed by atoms with Gasteiger partial charge in [0.2, 0.25) is 0 Å². The van der Waals surface area contributed by atoms with Crippen LogP contribution in [0.15, 0.2) is 77.7 Å². The number of anilines is 1. The maximum absolute atomic E-state index is 13.0. The SMILES string of the molecule is COCCN(Cc1cccc(OS(=O)(=O)c2ccc(OC)cc2)c1)C(=O)Nc1ccccc1OC. The van der Waals surface area contributed by atoms with Gasteiger partial charge >= 0.3 is 16.1 Å². The van der Waals surface area contributed by atoms with E-state index in [1.165, 1.54) is 26.4 Å². The summed E-state index contributed by atoms with van der Waals surface area (Å²) >= 11 is 0. The topological polar surface area (TPSA) is 103 Å². The molecule has 0 spiro atoms. The number of ether oxygens (including phenoxy) is 3. The van der Waals surface area contributed by atoms with Crippen LogP contribution in [0.25, 0.3) is 0 Å². The van der Waals surface area contributed by atoms with Crippen LogP contribution in [0.4, 0.5) is 10.5 Å². The molecular weight excluding hydrogens is 472 g/mol. The molecule has 3 aromatic carbocycles. The Hall–Kier alpha value is -3.76. The first-order chi connectivity index (χ1) is 16.9. The number of carbonyl (C=O) groups excluding carboxylic acids is 1. The summed E-state index contributed by atoms with van der Waals surface area (Å²) in [6, 6.07) is 19.2. The molecule has 1 N–H and O–H groups in total. The summed E-state index contributed by atoms with van der Waals surface area (Å²) in [4.78, 5) is 14.6. The van der Waals surface area contributed by atoms with Crippen LogP contribution in [-0.4, -0.2) is 53.8 Å². The monoisotopic (exact) mass is 500 g/mol. The Kier molecular flexibility index (Phi) is 8.93. The Morgan fingerprint density at radius 3 is 2.31 bits per heavy atom. The number of methoxy groups -OCH3 is 3. The highest BCUT2D eigenvalue weighted by molar-refractivity contribution is 7.87. The normalized spacial score (nSPS) is 10.9. The predicted octanol–water partition coefficient (Wildman–Crippen LogP) is 4.15. The Morgan fingerprint density at radius 1 is 0.886 bits per heavy atom. The molecule has 0 fully saturated rings. The molecule has 0 atom stereocenters. The largest absolute Gasteiger partial charge is 0.497 e. The Labute approximate surface area is 205 Å². The summed E-state index contributed by atoms with van der Waals surface area (Å²) < 4.78 is 46.2. The number of nitrogens with one attached hydrogen (secondary N) is 1. The first-order valence-corrected chi connectivity index (χ1v) is 12.1. The van der Waals surface area contributed by atoms with Crippen LogP contribution < -0.4 is 19.0 Å². The van der Waals surface area contributed by atoms with Crippen molar-refractivity contribution in [3.05, 3.63) is 78.4 Å². The molecule has 0 bridgehead atoms. The molecule has 0 radical (unpaired) electrons. The zero-order valence-electron chi connectivity index (χ0n) is 19.8. The summed E-state index contributed by atoms with van der Waals surface area (Å²) in [7, 11) is 0.531. The molecule has 0 aromatic heterocycles. The Balaban J connectivity index is 1.75. The van der Waals surface area contributed by atoms with Gasteiger partial charge in [-0.2, -0.15) is 8.42 Å². The molecule has 0 heterocycles. The first kappa shape index (κ1) is 25.9. The lowest BCUT2D eigenvalue weighted by Gasteiger charge is -2.23. The standard InChI is InChI=1S/C25H28N2O7S/c1-31-16-15-27(25(28)26-23-9-4-5-10-24(23)33-3)18-19-7-6-8-21(17-19)34-35(29,30)22-13-11-20(32-2)12-14-22/h4-14,17H,15-16,18H2,1-3H3,(H,26,28). The van der Waals surface area contributed by atoms with E-state index in [4.69, 9.17) is 18.4 Å². The maximum atomic E-state index is 13.0. The summed E-state index contributed by atoms with van der Waals surface area (Å²) in [6.45, 7) is 0.832. The smallest absolute Gasteiger partial charge is 0.339 e. The second-order valence-electron chi connectivity index (χ2n) is 7.41.